The first kappa shape index (κ1) is 12.8. The minimum atomic E-state index is -0.0520. The number of carbonyl (C=O) groups excluding carboxylic acids is 1. The van der Waals surface area contributed by atoms with Gasteiger partial charge in [-0.1, -0.05) is 0 Å². The molecule has 2 saturated heterocycles. The second-order valence-electron chi connectivity index (χ2n) is 6.36. The van der Waals surface area contributed by atoms with Crippen LogP contribution in [0.1, 0.15) is 29.0 Å². The van der Waals surface area contributed by atoms with E-state index in [9.17, 15) is 4.79 Å². The van der Waals surface area contributed by atoms with Crippen molar-refractivity contribution in [2.24, 2.45) is 5.92 Å². The quantitative estimate of drug-likeness (QED) is 0.908. The predicted octanol–water partition coefficient (Wildman–Crippen LogP) is 1.47. The highest BCUT2D eigenvalue weighted by molar-refractivity contribution is 5.93. The summed E-state index contributed by atoms with van der Waals surface area (Å²) in [5.41, 5.74) is 2.65. The smallest absolute Gasteiger partial charge is 0.270 e. The average Bonchev–Trinajstić information content (AvgIpc) is 3.02. The largest absolute Gasteiger partial charge is 0.347 e. The lowest BCUT2D eigenvalue weighted by atomic mass is 9.97. The van der Waals surface area contributed by atoms with Crippen LogP contribution in [0.4, 0.5) is 0 Å². The molecule has 2 aromatic rings. The van der Waals surface area contributed by atoms with Crippen LogP contribution in [0.2, 0.25) is 0 Å². The van der Waals surface area contributed by atoms with Crippen molar-refractivity contribution in [3.63, 3.8) is 0 Å². The Morgan fingerprint density at radius 2 is 2.29 bits per heavy atom. The molecule has 4 heterocycles. The molecular formula is C16H20N4O. The van der Waals surface area contributed by atoms with Gasteiger partial charge in [0, 0.05) is 30.3 Å². The maximum absolute atomic E-state index is 12.4. The van der Waals surface area contributed by atoms with Gasteiger partial charge in [0.25, 0.3) is 5.91 Å². The van der Waals surface area contributed by atoms with Crippen molar-refractivity contribution in [3.8, 4) is 0 Å². The van der Waals surface area contributed by atoms with E-state index in [2.05, 4.69) is 15.2 Å². The zero-order valence-electron chi connectivity index (χ0n) is 12.2. The van der Waals surface area contributed by atoms with Crippen molar-refractivity contribution in [1.29, 1.82) is 0 Å². The second kappa shape index (κ2) is 4.84. The van der Waals surface area contributed by atoms with Crippen LogP contribution in [-0.2, 0) is 0 Å². The second-order valence-corrected chi connectivity index (χ2v) is 6.36. The Balaban J connectivity index is 1.50. The van der Waals surface area contributed by atoms with Gasteiger partial charge in [0.1, 0.15) is 12.0 Å². The fourth-order valence-corrected chi connectivity index (χ4v) is 3.69. The zero-order chi connectivity index (χ0) is 14.4. The van der Waals surface area contributed by atoms with Crippen molar-refractivity contribution < 1.29 is 4.79 Å². The van der Waals surface area contributed by atoms with Gasteiger partial charge in [-0.05, 0) is 50.4 Å². The highest BCUT2D eigenvalue weighted by Gasteiger charge is 2.33. The minimum Gasteiger partial charge on any atom is -0.347 e. The number of hydrogen-bond donors (Lipinski definition) is 1. The van der Waals surface area contributed by atoms with Crippen LogP contribution < -0.4 is 5.32 Å². The molecule has 2 aromatic heterocycles. The summed E-state index contributed by atoms with van der Waals surface area (Å²) in [6.07, 6.45) is 4.11. The third-order valence-electron chi connectivity index (χ3n) is 4.78. The van der Waals surface area contributed by atoms with Gasteiger partial charge >= 0.3 is 0 Å². The molecule has 4 rings (SSSR count). The van der Waals surface area contributed by atoms with E-state index >= 15 is 0 Å². The van der Waals surface area contributed by atoms with E-state index in [1.165, 1.54) is 19.5 Å². The van der Waals surface area contributed by atoms with Gasteiger partial charge in [0.05, 0.1) is 0 Å². The molecule has 2 fully saturated rings. The molecule has 1 N–H and O–H groups in total. The summed E-state index contributed by atoms with van der Waals surface area (Å²) in [5, 5.41) is 3.16. The summed E-state index contributed by atoms with van der Waals surface area (Å²) in [6.45, 7) is 5.40. The molecule has 1 amide bonds. The van der Waals surface area contributed by atoms with Crippen molar-refractivity contribution >= 4 is 11.4 Å². The lowest BCUT2D eigenvalue weighted by Crippen LogP contribution is -2.47. The van der Waals surface area contributed by atoms with Crippen LogP contribution in [0.5, 0.6) is 0 Å². The number of carbonyl (C=O) groups is 1. The van der Waals surface area contributed by atoms with Crippen LogP contribution in [-0.4, -0.2) is 45.9 Å². The number of hydrogen-bond acceptors (Lipinski definition) is 3. The first-order valence-corrected chi connectivity index (χ1v) is 7.66. The number of aryl methyl sites for hydroxylation is 1. The van der Waals surface area contributed by atoms with Crippen molar-refractivity contribution in [2.45, 2.75) is 25.8 Å². The molecule has 2 aliphatic rings. The van der Waals surface area contributed by atoms with Crippen molar-refractivity contribution in [1.82, 2.24) is 19.6 Å². The Labute approximate surface area is 124 Å². The fourth-order valence-electron chi connectivity index (χ4n) is 3.69. The molecule has 0 aliphatic carbocycles. The molecule has 0 aromatic carbocycles. The first-order chi connectivity index (χ1) is 10.2. The van der Waals surface area contributed by atoms with E-state index in [1.807, 2.05) is 29.5 Å². The first-order valence-electron chi connectivity index (χ1n) is 7.66. The molecule has 2 bridgehead atoms. The molecule has 0 saturated carbocycles. The topological polar surface area (TPSA) is 49.6 Å². The number of fused-ring (bicyclic) bond motifs is 3. The van der Waals surface area contributed by atoms with E-state index in [0.717, 1.165) is 30.1 Å². The Bertz CT molecular complexity index is 681. The molecule has 3 atom stereocenters. The number of piperidine rings is 1. The lowest BCUT2D eigenvalue weighted by Gasteiger charge is -2.30. The number of nitrogens with zero attached hydrogens (tertiary/aromatic N) is 3. The molecule has 5 heteroatoms. The molecule has 1 unspecified atom stereocenters. The van der Waals surface area contributed by atoms with E-state index in [0.29, 0.717) is 5.69 Å². The number of nitrogens with one attached hydrogen (secondary N) is 1. The normalized spacial score (nSPS) is 28.0. The zero-order valence-corrected chi connectivity index (χ0v) is 12.2. The average molecular weight is 284 g/mol. The summed E-state index contributed by atoms with van der Waals surface area (Å²) >= 11 is 0. The SMILES string of the molecule is Cc1ccc2cc(C(=O)N[C@@H]3C[C@@H]4CCN(C4)C3)ncn12. The summed E-state index contributed by atoms with van der Waals surface area (Å²) in [5.74, 6) is 0.705. The van der Waals surface area contributed by atoms with Crippen LogP contribution >= 0.6 is 0 Å². The monoisotopic (exact) mass is 284 g/mol. The standard InChI is InChI=1S/C16H20N4O/c1-11-2-3-14-7-15(17-10-20(11)14)16(21)18-13-6-12-4-5-19(8-12)9-13/h2-3,7,10,12-13H,4-6,8-9H2,1H3,(H,18,21)/t12-,13+/m0/s1. The maximum atomic E-state index is 12.4. The fraction of sp³-hybridized carbons (Fsp3) is 0.500. The molecular weight excluding hydrogens is 264 g/mol. The summed E-state index contributed by atoms with van der Waals surface area (Å²) in [6, 6.07) is 6.18. The van der Waals surface area contributed by atoms with Gasteiger partial charge in [-0.15, -0.1) is 0 Å². The molecule has 5 nitrogen and oxygen atoms in total. The van der Waals surface area contributed by atoms with Gasteiger partial charge in [0.15, 0.2) is 0 Å². The molecule has 110 valence electrons. The third-order valence-corrected chi connectivity index (χ3v) is 4.78. The molecule has 0 spiro atoms. The van der Waals surface area contributed by atoms with Gasteiger partial charge in [0.2, 0.25) is 0 Å². The van der Waals surface area contributed by atoms with Gasteiger partial charge in [-0.3, -0.25) is 4.79 Å². The van der Waals surface area contributed by atoms with Crippen molar-refractivity contribution in [3.05, 3.63) is 35.9 Å². The molecule has 21 heavy (non-hydrogen) atoms. The molecule has 0 radical (unpaired) electrons. The van der Waals surface area contributed by atoms with Gasteiger partial charge in [-0.2, -0.15) is 0 Å². The Morgan fingerprint density at radius 1 is 1.38 bits per heavy atom. The van der Waals surface area contributed by atoms with E-state index in [-0.39, 0.29) is 11.9 Å². The highest BCUT2D eigenvalue weighted by Crippen LogP contribution is 2.26. The van der Waals surface area contributed by atoms with E-state index in [4.69, 9.17) is 0 Å². The molecule has 2 aliphatic heterocycles. The van der Waals surface area contributed by atoms with E-state index < -0.39 is 0 Å². The summed E-state index contributed by atoms with van der Waals surface area (Å²) < 4.78 is 1.99. The Morgan fingerprint density at radius 3 is 3.14 bits per heavy atom. The number of aromatic nitrogens is 2. The number of rotatable bonds is 2. The van der Waals surface area contributed by atoms with Crippen LogP contribution in [0.25, 0.3) is 5.52 Å². The Hall–Kier alpha value is -1.88. The third kappa shape index (κ3) is 2.31. The van der Waals surface area contributed by atoms with Gasteiger partial charge < -0.3 is 14.6 Å². The van der Waals surface area contributed by atoms with Crippen molar-refractivity contribution in [2.75, 3.05) is 19.6 Å². The highest BCUT2D eigenvalue weighted by atomic mass is 16.1. The summed E-state index contributed by atoms with van der Waals surface area (Å²) in [4.78, 5) is 19.1. The number of amides is 1. The predicted molar refractivity (Wildman–Crippen MR) is 80.3 cm³/mol. The van der Waals surface area contributed by atoms with E-state index in [1.54, 1.807) is 6.33 Å². The maximum Gasteiger partial charge on any atom is 0.270 e. The van der Waals surface area contributed by atoms with Gasteiger partial charge in [-0.25, -0.2) is 4.98 Å². The van der Waals surface area contributed by atoms with Crippen LogP contribution in [0.3, 0.4) is 0 Å². The summed E-state index contributed by atoms with van der Waals surface area (Å²) in [7, 11) is 0. The Kier molecular flexibility index (Phi) is 2.96. The van der Waals surface area contributed by atoms with Crippen LogP contribution in [0.15, 0.2) is 24.5 Å². The minimum absolute atomic E-state index is 0.0520. The van der Waals surface area contributed by atoms with Crippen LogP contribution in [0, 0.1) is 12.8 Å². The lowest BCUT2D eigenvalue weighted by molar-refractivity contribution is 0.0904.